The van der Waals surface area contributed by atoms with Crippen molar-refractivity contribution in [2.45, 2.75) is 0 Å². The molecule has 8 heteroatoms. The van der Waals surface area contributed by atoms with E-state index in [0.717, 1.165) is 25.4 Å². The first kappa shape index (κ1) is 19.8. The van der Waals surface area contributed by atoms with Gasteiger partial charge in [-0.05, 0) is 23.6 Å². The maximum absolute atomic E-state index is 14.3. The summed E-state index contributed by atoms with van der Waals surface area (Å²) in [6, 6.07) is 18.4. The lowest BCUT2D eigenvalue weighted by Gasteiger charge is -2.27. The Bertz CT molecular complexity index is 1110. The molecule has 3 aromatic carbocycles. The number of rotatable bonds is 6. The number of anilines is 2. The molecule has 0 atom stereocenters. The van der Waals surface area contributed by atoms with Gasteiger partial charge in [-0.1, -0.05) is 48.5 Å². The summed E-state index contributed by atoms with van der Waals surface area (Å²) in [4.78, 5) is 12.7. The molecule has 0 aromatic heterocycles. The largest absolute Gasteiger partial charge is 0.324 e. The van der Waals surface area contributed by atoms with E-state index in [1.165, 1.54) is 32.3 Å². The number of carbonyl (C=O) groups is 1. The highest BCUT2D eigenvalue weighted by Crippen LogP contribution is 2.25. The molecule has 3 aromatic rings. The maximum Gasteiger partial charge on any atom is 0.304 e. The van der Waals surface area contributed by atoms with Crippen molar-refractivity contribution in [3.63, 3.8) is 0 Å². The number of fused-ring (bicyclic) bond motifs is 1. The van der Waals surface area contributed by atoms with Crippen LogP contribution in [0.25, 0.3) is 10.8 Å². The van der Waals surface area contributed by atoms with Crippen molar-refractivity contribution in [3.8, 4) is 0 Å². The minimum atomic E-state index is -4.08. The first-order chi connectivity index (χ1) is 13.3. The monoisotopic (exact) mass is 401 g/mol. The molecule has 0 bridgehead atoms. The summed E-state index contributed by atoms with van der Waals surface area (Å²) in [5.41, 5.74) is 0.364. The SMILES string of the molecule is CN(C)S(=O)(=O)N(CC(=O)Nc1cccc2ccccc12)c1ccccc1F. The molecular formula is C20H20FN3O3S. The molecule has 0 saturated carbocycles. The van der Waals surface area contributed by atoms with Crippen LogP contribution in [0.5, 0.6) is 0 Å². The van der Waals surface area contributed by atoms with Crippen LogP contribution >= 0.6 is 0 Å². The highest BCUT2D eigenvalue weighted by atomic mass is 32.2. The predicted molar refractivity (Wildman–Crippen MR) is 109 cm³/mol. The third kappa shape index (κ3) is 3.97. The van der Waals surface area contributed by atoms with Crippen molar-refractivity contribution >= 4 is 38.3 Å². The van der Waals surface area contributed by atoms with Crippen molar-refractivity contribution < 1.29 is 17.6 Å². The Morgan fingerprint density at radius 2 is 1.61 bits per heavy atom. The molecular weight excluding hydrogens is 381 g/mol. The van der Waals surface area contributed by atoms with Crippen LogP contribution in [0, 0.1) is 5.82 Å². The van der Waals surface area contributed by atoms with Crippen LogP contribution in [0.15, 0.2) is 66.7 Å². The highest BCUT2D eigenvalue weighted by molar-refractivity contribution is 7.90. The van der Waals surface area contributed by atoms with Gasteiger partial charge in [0.2, 0.25) is 5.91 Å². The summed E-state index contributed by atoms with van der Waals surface area (Å²) in [5.74, 6) is -1.31. The topological polar surface area (TPSA) is 69.7 Å². The molecule has 0 heterocycles. The van der Waals surface area contributed by atoms with Gasteiger partial charge < -0.3 is 5.32 Å². The average Bonchev–Trinajstić information content (AvgIpc) is 2.67. The Hall–Kier alpha value is -2.97. The zero-order chi connectivity index (χ0) is 20.3. The summed E-state index contributed by atoms with van der Waals surface area (Å²) in [7, 11) is -1.43. The van der Waals surface area contributed by atoms with E-state index in [2.05, 4.69) is 5.32 Å². The van der Waals surface area contributed by atoms with E-state index >= 15 is 0 Å². The number of hydrogen-bond acceptors (Lipinski definition) is 3. The van der Waals surface area contributed by atoms with Gasteiger partial charge in [0.05, 0.1) is 5.69 Å². The van der Waals surface area contributed by atoms with Gasteiger partial charge in [-0.3, -0.25) is 4.79 Å². The fourth-order valence-electron chi connectivity index (χ4n) is 2.80. The molecule has 0 fully saturated rings. The van der Waals surface area contributed by atoms with E-state index < -0.39 is 28.5 Å². The minimum absolute atomic E-state index is 0.190. The lowest BCUT2D eigenvalue weighted by molar-refractivity contribution is -0.114. The maximum atomic E-state index is 14.3. The second-order valence-electron chi connectivity index (χ2n) is 6.32. The Morgan fingerprint density at radius 1 is 0.964 bits per heavy atom. The second-order valence-corrected chi connectivity index (χ2v) is 8.39. The number of nitrogens with zero attached hydrogens (tertiary/aromatic N) is 2. The molecule has 1 amide bonds. The predicted octanol–water partition coefficient (Wildman–Crippen LogP) is 3.23. The summed E-state index contributed by atoms with van der Waals surface area (Å²) in [6.45, 7) is -0.565. The van der Waals surface area contributed by atoms with Crippen LogP contribution in [-0.4, -0.2) is 39.3 Å². The molecule has 0 spiro atoms. The summed E-state index contributed by atoms with van der Waals surface area (Å²) in [6.07, 6.45) is 0. The van der Waals surface area contributed by atoms with Crippen LogP contribution in [-0.2, 0) is 15.0 Å². The van der Waals surface area contributed by atoms with Crippen LogP contribution < -0.4 is 9.62 Å². The van der Waals surface area contributed by atoms with Crippen molar-refractivity contribution in [1.82, 2.24) is 4.31 Å². The van der Waals surface area contributed by atoms with E-state index in [4.69, 9.17) is 0 Å². The molecule has 0 aliphatic rings. The zero-order valence-corrected chi connectivity index (χ0v) is 16.3. The van der Waals surface area contributed by atoms with Crippen LogP contribution in [0.4, 0.5) is 15.8 Å². The first-order valence-electron chi connectivity index (χ1n) is 8.53. The van der Waals surface area contributed by atoms with Gasteiger partial charge in [-0.15, -0.1) is 0 Å². The fourth-order valence-corrected chi connectivity index (χ4v) is 3.87. The first-order valence-corrected chi connectivity index (χ1v) is 9.93. The van der Waals surface area contributed by atoms with Crippen molar-refractivity contribution in [3.05, 3.63) is 72.5 Å². The third-order valence-corrected chi connectivity index (χ3v) is 6.02. The van der Waals surface area contributed by atoms with Gasteiger partial charge in [0.1, 0.15) is 12.4 Å². The molecule has 0 unspecified atom stereocenters. The van der Waals surface area contributed by atoms with Crippen LogP contribution in [0.1, 0.15) is 0 Å². The van der Waals surface area contributed by atoms with Gasteiger partial charge in [0, 0.05) is 25.2 Å². The average molecular weight is 401 g/mol. The summed E-state index contributed by atoms with van der Waals surface area (Å²) in [5, 5.41) is 4.49. The lowest BCUT2D eigenvalue weighted by atomic mass is 10.1. The Labute approximate surface area is 163 Å². The number of para-hydroxylation sites is 1. The number of amides is 1. The Kier molecular flexibility index (Phi) is 5.62. The van der Waals surface area contributed by atoms with E-state index in [1.54, 1.807) is 12.1 Å². The number of nitrogens with one attached hydrogen (secondary N) is 1. The minimum Gasteiger partial charge on any atom is -0.324 e. The van der Waals surface area contributed by atoms with E-state index in [1.807, 2.05) is 30.3 Å². The third-order valence-electron chi connectivity index (χ3n) is 4.21. The van der Waals surface area contributed by atoms with E-state index in [-0.39, 0.29) is 5.69 Å². The Morgan fingerprint density at radius 3 is 2.32 bits per heavy atom. The number of benzene rings is 3. The van der Waals surface area contributed by atoms with E-state index in [9.17, 15) is 17.6 Å². The molecule has 0 aliphatic carbocycles. The fraction of sp³-hybridized carbons (Fsp3) is 0.150. The molecule has 1 N–H and O–H groups in total. The van der Waals surface area contributed by atoms with E-state index in [0.29, 0.717) is 5.69 Å². The van der Waals surface area contributed by atoms with Crippen molar-refractivity contribution in [1.29, 1.82) is 0 Å². The quantitative estimate of drug-likeness (QED) is 0.689. The molecule has 6 nitrogen and oxygen atoms in total. The van der Waals surface area contributed by atoms with Crippen LogP contribution in [0.3, 0.4) is 0 Å². The van der Waals surface area contributed by atoms with Gasteiger partial charge in [0.15, 0.2) is 0 Å². The second kappa shape index (κ2) is 7.95. The summed E-state index contributed by atoms with van der Waals surface area (Å²) >= 11 is 0. The molecule has 28 heavy (non-hydrogen) atoms. The number of halogens is 1. The van der Waals surface area contributed by atoms with Crippen molar-refractivity contribution in [2.75, 3.05) is 30.3 Å². The molecule has 0 radical (unpaired) electrons. The standard InChI is InChI=1S/C20H20FN3O3S/c1-23(2)28(26,27)24(19-13-6-5-11-17(19)21)14-20(25)22-18-12-7-9-15-8-3-4-10-16(15)18/h3-13H,14H2,1-2H3,(H,22,25). The van der Waals surface area contributed by atoms with Gasteiger partial charge >= 0.3 is 10.2 Å². The highest BCUT2D eigenvalue weighted by Gasteiger charge is 2.29. The Balaban J connectivity index is 1.93. The van der Waals surface area contributed by atoms with Gasteiger partial charge in [0.25, 0.3) is 0 Å². The zero-order valence-electron chi connectivity index (χ0n) is 15.5. The number of hydrogen-bond donors (Lipinski definition) is 1. The smallest absolute Gasteiger partial charge is 0.304 e. The van der Waals surface area contributed by atoms with Gasteiger partial charge in [-0.2, -0.15) is 12.7 Å². The summed E-state index contributed by atoms with van der Waals surface area (Å²) < 4.78 is 41.3. The molecule has 0 saturated heterocycles. The number of carbonyl (C=O) groups excluding carboxylic acids is 1. The molecule has 0 aliphatic heterocycles. The van der Waals surface area contributed by atoms with Crippen LogP contribution in [0.2, 0.25) is 0 Å². The lowest BCUT2D eigenvalue weighted by Crippen LogP contribution is -2.44. The van der Waals surface area contributed by atoms with Gasteiger partial charge in [-0.25, -0.2) is 8.70 Å². The molecule has 3 rings (SSSR count). The van der Waals surface area contributed by atoms with Crippen molar-refractivity contribution in [2.24, 2.45) is 0 Å². The molecule has 146 valence electrons. The normalized spacial score (nSPS) is 11.6.